The maximum atomic E-state index is 12.2. The summed E-state index contributed by atoms with van der Waals surface area (Å²) in [5.74, 6) is -0.160. The van der Waals surface area contributed by atoms with Gasteiger partial charge in [0.25, 0.3) is 5.91 Å². The molecule has 7 heteroatoms. The van der Waals surface area contributed by atoms with Crippen LogP contribution in [0.15, 0.2) is 0 Å². The van der Waals surface area contributed by atoms with Crippen LogP contribution in [0.3, 0.4) is 0 Å². The summed E-state index contributed by atoms with van der Waals surface area (Å²) in [5, 5.41) is 9.69. The van der Waals surface area contributed by atoms with Crippen molar-refractivity contribution in [2.24, 2.45) is 0 Å². The molecule has 0 atom stereocenters. The number of hydrogen-bond acceptors (Lipinski definition) is 4. The SMILES string of the molecule is Cc1n[nH]c(C)c1C(=O)NC1CN(C(=O)OC(C)(C)C)C1. The molecule has 0 bridgehead atoms. The van der Waals surface area contributed by atoms with Gasteiger partial charge in [0, 0.05) is 18.8 Å². The van der Waals surface area contributed by atoms with E-state index in [0.29, 0.717) is 24.3 Å². The van der Waals surface area contributed by atoms with Crippen molar-refractivity contribution >= 4 is 12.0 Å². The van der Waals surface area contributed by atoms with Gasteiger partial charge in [0.05, 0.1) is 17.3 Å². The molecule has 21 heavy (non-hydrogen) atoms. The van der Waals surface area contributed by atoms with Crippen LogP contribution in [0, 0.1) is 13.8 Å². The lowest BCUT2D eigenvalue weighted by atomic mass is 10.1. The zero-order valence-corrected chi connectivity index (χ0v) is 13.1. The minimum absolute atomic E-state index is 0.0429. The maximum Gasteiger partial charge on any atom is 0.410 e. The molecule has 1 fully saturated rings. The van der Waals surface area contributed by atoms with Gasteiger partial charge in [0.15, 0.2) is 0 Å². The Hall–Kier alpha value is -2.05. The smallest absolute Gasteiger partial charge is 0.410 e. The molecule has 0 aliphatic carbocycles. The van der Waals surface area contributed by atoms with E-state index in [-0.39, 0.29) is 18.0 Å². The second-order valence-corrected chi connectivity index (χ2v) is 6.36. The predicted molar refractivity (Wildman–Crippen MR) is 77.1 cm³/mol. The number of carbonyl (C=O) groups excluding carboxylic acids is 2. The number of H-pyrrole nitrogens is 1. The van der Waals surface area contributed by atoms with E-state index in [0.717, 1.165) is 5.69 Å². The standard InChI is InChI=1S/C14H22N4O3/c1-8-11(9(2)17-16-8)12(19)15-10-6-18(7-10)13(20)21-14(3,4)5/h10H,6-7H2,1-5H3,(H,15,19)(H,16,17). The van der Waals surface area contributed by atoms with Crippen molar-refractivity contribution in [2.45, 2.75) is 46.3 Å². The number of nitrogens with zero attached hydrogens (tertiary/aromatic N) is 2. The van der Waals surface area contributed by atoms with Crippen molar-refractivity contribution in [1.82, 2.24) is 20.4 Å². The minimum atomic E-state index is -0.504. The lowest BCUT2D eigenvalue weighted by Gasteiger charge is -2.39. The number of aryl methyl sites for hydroxylation is 2. The minimum Gasteiger partial charge on any atom is -0.444 e. The average Bonchev–Trinajstić information content (AvgIpc) is 2.60. The van der Waals surface area contributed by atoms with E-state index in [1.807, 2.05) is 27.7 Å². The number of ether oxygens (including phenoxy) is 1. The van der Waals surface area contributed by atoms with Gasteiger partial charge < -0.3 is 15.0 Å². The molecule has 1 aromatic heterocycles. The third-order valence-electron chi connectivity index (χ3n) is 3.22. The topological polar surface area (TPSA) is 87.3 Å². The quantitative estimate of drug-likeness (QED) is 0.862. The van der Waals surface area contributed by atoms with Crippen molar-refractivity contribution in [3.8, 4) is 0 Å². The van der Waals surface area contributed by atoms with Crippen molar-refractivity contribution in [3.05, 3.63) is 17.0 Å². The van der Waals surface area contributed by atoms with Crippen LogP contribution in [-0.2, 0) is 4.74 Å². The highest BCUT2D eigenvalue weighted by Gasteiger charge is 2.35. The summed E-state index contributed by atoms with van der Waals surface area (Å²) >= 11 is 0. The van der Waals surface area contributed by atoms with Crippen LogP contribution in [0.1, 0.15) is 42.5 Å². The summed E-state index contributed by atoms with van der Waals surface area (Å²) in [6.45, 7) is 10.0. The summed E-state index contributed by atoms with van der Waals surface area (Å²) in [7, 11) is 0. The lowest BCUT2D eigenvalue weighted by Crippen LogP contribution is -2.61. The highest BCUT2D eigenvalue weighted by atomic mass is 16.6. The number of aromatic amines is 1. The van der Waals surface area contributed by atoms with Crippen LogP contribution in [0.4, 0.5) is 4.79 Å². The molecular weight excluding hydrogens is 272 g/mol. The first kappa shape index (κ1) is 15.3. The molecule has 2 heterocycles. The molecule has 1 aliphatic rings. The number of hydrogen-bond donors (Lipinski definition) is 2. The first-order chi connectivity index (χ1) is 9.67. The molecule has 2 N–H and O–H groups in total. The molecular formula is C14H22N4O3. The third-order valence-corrected chi connectivity index (χ3v) is 3.22. The summed E-state index contributed by atoms with van der Waals surface area (Å²) in [5.41, 5.74) is 1.49. The van der Waals surface area contributed by atoms with E-state index < -0.39 is 5.60 Å². The molecule has 1 saturated heterocycles. The van der Waals surface area contributed by atoms with Gasteiger partial charge in [-0.3, -0.25) is 9.89 Å². The predicted octanol–water partition coefficient (Wildman–Crippen LogP) is 1.38. The molecule has 1 aromatic rings. The Morgan fingerprint density at radius 1 is 1.33 bits per heavy atom. The van der Waals surface area contributed by atoms with Crippen molar-refractivity contribution < 1.29 is 14.3 Å². The first-order valence-electron chi connectivity index (χ1n) is 6.97. The Bertz CT molecular complexity index is 534. The molecule has 116 valence electrons. The van der Waals surface area contributed by atoms with Gasteiger partial charge in [-0.2, -0.15) is 5.10 Å². The zero-order chi connectivity index (χ0) is 15.8. The molecule has 0 radical (unpaired) electrons. The number of carbonyl (C=O) groups is 2. The van der Waals surface area contributed by atoms with Gasteiger partial charge in [-0.1, -0.05) is 0 Å². The molecule has 7 nitrogen and oxygen atoms in total. The van der Waals surface area contributed by atoms with Crippen LogP contribution in [0.25, 0.3) is 0 Å². The van der Waals surface area contributed by atoms with E-state index in [4.69, 9.17) is 4.74 Å². The van der Waals surface area contributed by atoms with E-state index in [1.54, 1.807) is 11.8 Å². The Labute approximate surface area is 124 Å². The van der Waals surface area contributed by atoms with Crippen LogP contribution >= 0.6 is 0 Å². The van der Waals surface area contributed by atoms with Gasteiger partial charge >= 0.3 is 6.09 Å². The maximum absolute atomic E-state index is 12.2. The van der Waals surface area contributed by atoms with E-state index in [2.05, 4.69) is 15.5 Å². The zero-order valence-electron chi connectivity index (χ0n) is 13.1. The lowest BCUT2D eigenvalue weighted by molar-refractivity contribution is 0.00532. The molecule has 2 amide bonds. The third kappa shape index (κ3) is 3.53. The van der Waals surface area contributed by atoms with Crippen LogP contribution in [-0.4, -0.2) is 51.8 Å². The van der Waals surface area contributed by atoms with Crippen LogP contribution in [0.2, 0.25) is 0 Å². The van der Waals surface area contributed by atoms with Gasteiger partial charge in [0.2, 0.25) is 0 Å². The summed E-state index contributed by atoms with van der Waals surface area (Å²) in [6.07, 6.45) is -0.344. The highest BCUT2D eigenvalue weighted by Crippen LogP contribution is 2.16. The van der Waals surface area contributed by atoms with Gasteiger partial charge in [0.1, 0.15) is 5.60 Å². The van der Waals surface area contributed by atoms with Crippen molar-refractivity contribution in [1.29, 1.82) is 0 Å². The second-order valence-electron chi connectivity index (χ2n) is 6.36. The Morgan fingerprint density at radius 3 is 2.43 bits per heavy atom. The van der Waals surface area contributed by atoms with Gasteiger partial charge in [-0.15, -0.1) is 0 Å². The van der Waals surface area contributed by atoms with Crippen LogP contribution < -0.4 is 5.32 Å². The van der Waals surface area contributed by atoms with E-state index in [1.165, 1.54) is 0 Å². The van der Waals surface area contributed by atoms with Crippen molar-refractivity contribution in [2.75, 3.05) is 13.1 Å². The molecule has 0 spiro atoms. The van der Waals surface area contributed by atoms with Gasteiger partial charge in [-0.05, 0) is 34.6 Å². The summed E-state index contributed by atoms with van der Waals surface area (Å²) < 4.78 is 5.26. The summed E-state index contributed by atoms with van der Waals surface area (Å²) in [4.78, 5) is 25.5. The van der Waals surface area contributed by atoms with E-state index in [9.17, 15) is 9.59 Å². The fourth-order valence-corrected chi connectivity index (χ4v) is 2.19. The average molecular weight is 294 g/mol. The Balaban J connectivity index is 1.83. The Morgan fingerprint density at radius 2 is 1.95 bits per heavy atom. The van der Waals surface area contributed by atoms with Gasteiger partial charge in [-0.25, -0.2) is 4.79 Å². The first-order valence-corrected chi connectivity index (χ1v) is 6.97. The second kappa shape index (κ2) is 5.38. The Kier molecular flexibility index (Phi) is 3.93. The van der Waals surface area contributed by atoms with E-state index >= 15 is 0 Å². The monoisotopic (exact) mass is 294 g/mol. The molecule has 0 saturated carbocycles. The largest absolute Gasteiger partial charge is 0.444 e. The highest BCUT2D eigenvalue weighted by molar-refractivity contribution is 5.96. The number of amides is 2. The molecule has 2 rings (SSSR count). The fourth-order valence-electron chi connectivity index (χ4n) is 2.19. The normalized spacial score (nSPS) is 15.6. The number of nitrogens with one attached hydrogen (secondary N) is 2. The summed E-state index contributed by atoms with van der Waals surface area (Å²) in [6, 6.07) is -0.0429. The molecule has 1 aliphatic heterocycles. The fraction of sp³-hybridized carbons (Fsp3) is 0.643. The molecule has 0 unspecified atom stereocenters. The number of likely N-dealkylation sites (tertiary alicyclic amines) is 1. The molecule has 0 aromatic carbocycles. The van der Waals surface area contributed by atoms with Crippen LogP contribution in [0.5, 0.6) is 0 Å². The van der Waals surface area contributed by atoms with Crippen molar-refractivity contribution in [3.63, 3.8) is 0 Å². The number of rotatable bonds is 2. The number of aromatic nitrogens is 2.